The summed E-state index contributed by atoms with van der Waals surface area (Å²) in [5.74, 6) is 0. The summed E-state index contributed by atoms with van der Waals surface area (Å²) in [6.07, 6.45) is 3.89. The SMILES string of the molecule is C/N=C/C=c1/cccc/c1=C(/C)c1ccccc1C. The molecule has 0 spiro atoms. The first-order valence-electron chi connectivity index (χ1n) is 6.48. The standard InChI is InChI=1S/C18H19N/c1-14-8-4-6-10-17(14)15(2)18-11-7-5-9-16(18)12-13-19-3/h4-13H,1-3H3/b16-12-,18-15+,19-13+. The zero-order valence-corrected chi connectivity index (χ0v) is 11.7. The molecule has 0 heterocycles. The zero-order valence-electron chi connectivity index (χ0n) is 11.7. The van der Waals surface area contributed by atoms with E-state index in [-0.39, 0.29) is 0 Å². The molecule has 96 valence electrons. The quantitative estimate of drug-likeness (QED) is 0.726. The number of hydrogen-bond donors (Lipinski definition) is 0. The van der Waals surface area contributed by atoms with E-state index >= 15 is 0 Å². The van der Waals surface area contributed by atoms with Crippen molar-refractivity contribution in [3.05, 3.63) is 70.1 Å². The summed E-state index contributed by atoms with van der Waals surface area (Å²) in [5.41, 5.74) is 3.91. The van der Waals surface area contributed by atoms with Gasteiger partial charge in [-0.2, -0.15) is 0 Å². The van der Waals surface area contributed by atoms with Crippen molar-refractivity contribution in [3.8, 4) is 0 Å². The van der Waals surface area contributed by atoms with Crippen LogP contribution in [0.1, 0.15) is 18.1 Å². The lowest BCUT2D eigenvalue weighted by molar-refractivity contribution is 1.37. The van der Waals surface area contributed by atoms with Gasteiger partial charge in [0.25, 0.3) is 0 Å². The van der Waals surface area contributed by atoms with E-state index in [4.69, 9.17) is 0 Å². The fraction of sp³-hybridized carbons (Fsp3) is 0.167. The van der Waals surface area contributed by atoms with Crippen molar-refractivity contribution < 1.29 is 0 Å². The Labute approximate surface area is 114 Å². The molecule has 2 aromatic rings. The van der Waals surface area contributed by atoms with Crippen molar-refractivity contribution >= 4 is 17.9 Å². The van der Waals surface area contributed by atoms with Crippen LogP contribution in [-0.2, 0) is 0 Å². The molecule has 1 heteroatoms. The molecule has 0 N–H and O–H groups in total. The summed E-state index contributed by atoms with van der Waals surface area (Å²) < 4.78 is 0. The minimum Gasteiger partial charge on any atom is -0.296 e. The summed E-state index contributed by atoms with van der Waals surface area (Å²) in [5, 5.41) is 2.46. The molecule has 1 nitrogen and oxygen atoms in total. The van der Waals surface area contributed by atoms with E-state index in [2.05, 4.69) is 73.4 Å². The molecule has 2 aromatic carbocycles. The van der Waals surface area contributed by atoms with Gasteiger partial charge in [0.1, 0.15) is 0 Å². The highest BCUT2D eigenvalue weighted by Gasteiger charge is 2.00. The van der Waals surface area contributed by atoms with Gasteiger partial charge in [0.15, 0.2) is 0 Å². The van der Waals surface area contributed by atoms with Crippen LogP contribution in [0.5, 0.6) is 0 Å². The molecule has 0 saturated heterocycles. The van der Waals surface area contributed by atoms with Crippen LogP contribution in [0, 0.1) is 6.92 Å². The molecule has 0 atom stereocenters. The number of rotatable bonds is 2. The molecule has 0 aromatic heterocycles. The molecular formula is C18H19N. The number of nitrogens with zero attached hydrogens (tertiary/aromatic N) is 1. The van der Waals surface area contributed by atoms with E-state index in [0.717, 1.165) is 0 Å². The maximum atomic E-state index is 4.03. The van der Waals surface area contributed by atoms with Crippen LogP contribution in [0.15, 0.2) is 53.5 Å². The van der Waals surface area contributed by atoms with E-state index in [1.807, 2.05) is 6.21 Å². The highest BCUT2D eigenvalue weighted by atomic mass is 14.6. The van der Waals surface area contributed by atoms with Crippen molar-refractivity contribution in [2.45, 2.75) is 13.8 Å². The highest BCUT2D eigenvalue weighted by Crippen LogP contribution is 2.14. The summed E-state index contributed by atoms with van der Waals surface area (Å²) in [6, 6.07) is 16.9. The third-order valence-corrected chi connectivity index (χ3v) is 3.32. The van der Waals surface area contributed by atoms with Crippen molar-refractivity contribution in [1.82, 2.24) is 0 Å². The monoisotopic (exact) mass is 249 g/mol. The Morgan fingerprint density at radius 1 is 1.00 bits per heavy atom. The normalized spacial score (nSPS) is 13.9. The second kappa shape index (κ2) is 6.14. The van der Waals surface area contributed by atoms with Crippen molar-refractivity contribution in [1.29, 1.82) is 0 Å². The van der Waals surface area contributed by atoms with Gasteiger partial charge in [-0.3, -0.25) is 4.99 Å². The number of hydrogen-bond acceptors (Lipinski definition) is 1. The fourth-order valence-electron chi connectivity index (χ4n) is 2.28. The Balaban J connectivity index is 2.76. The lowest BCUT2D eigenvalue weighted by Gasteiger charge is -2.06. The Kier molecular flexibility index (Phi) is 4.30. The van der Waals surface area contributed by atoms with Gasteiger partial charge in [-0.15, -0.1) is 0 Å². The van der Waals surface area contributed by atoms with Crippen molar-refractivity contribution in [3.63, 3.8) is 0 Å². The van der Waals surface area contributed by atoms with E-state index in [1.165, 1.54) is 27.1 Å². The highest BCUT2D eigenvalue weighted by molar-refractivity contribution is 5.90. The molecule has 2 rings (SSSR count). The second-order valence-electron chi connectivity index (χ2n) is 4.60. The van der Waals surface area contributed by atoms with Crippen LogP contribution in [0.3, 0.4) is 0 Å². The fourth-order valence-corrected chi connectivity index (χ4v) is 2.28. The molecule has 0 amide bonds. The molecule has 0 radical (unpaired) electrons. The van der Waals surface area contributed by atoms with Crippen molar-refractivity contribution in [2.75, 3.05) is 7.05 Å². The summed E-state index contributed by atoms with van der Waals surface area (Å²) in [7, 11) is 1.79. The first-order valence-corrected chi connectivity index (χ1v) is 6.48. The van der Waals surface area contributed by atoms with E-state index in [1.54, 1.807) is 7.05 Å². The lowest BCUT2D eigenvalue weighted by atomic mass is 9.99. The molecule has 0 unspecified atom stereocenters. The van der Waals surface area contributed by atoms with Crippen molar-refractivity contribution in [2.24, 2.45) is 4.99 Å². The Bertz CT molecular complexity index is 708. The van der Waals surface area contributed by atoms with Crippen LogP contribution in [0.4, 0.5) is 0 Å². The Morgan fingerprint density at radius 2 is 1.68 bits per heavy atom. The molecule has 0 bridgehead atoms. The zero-order chi connectivity index (χ0) is 13.7. The first-order chi connectivity index (χ1) is 9.24. The number of aliphatic imine (C=N–C) groups is 1. The lowest BCUT2D eigenvalue weighted by Crippen LogP contribution is -2.26. The van der Waals surface area contributed by atoms with Gasteiger partial charge in [0, 0.05) is 13.3 Å². The molecule has 0 aliphatic rings. The van der Waals surface area contributed by atoms with Crippen LogP contribution < -0.4 is 10.4 Å². The van der Waals surface area contributed by atoms with E-state index in [9.17, 15) is 0 Å². The van der Waals surface area contributed by atoms with Gasteiger partial charge in [-0.25, -0.2) is 0 Å². The van der Waals surface area contributed by atoms with Gasteiger partial charge in [0.2, 0.25) is 0 Å². The molecule has 0 fully saturated rings. The largest absolute Gasteiger partial charge is 0.296 e. The van der Waals surface area contributed by atoms with Crippen LogP contribution in [0.25, 0.3) is 11.6 Å². The second-order valence-corrected chi connectivity index (χ2v) is 4.60. The molecule has 0 aliphatic carbocycles. The molecular weight excluding hydrogens is 230 g/mol. The molecule has 0 aliphatic heterocycles. The first kappa shape index (κ1) is 13.3. The third kappa shape index (κ3) is 3.00. The predicted octanol–water partition coefficient (Wildman–Crippen LogP) is 2.70. The minimum absolute atomic E-state index is 1.20. The van der Waals surface area contributed by atoms with Gasteiger partial charge >= 0.3 is 0 Å². The van der Waals surface area contributed by atoms with Gasteiger partial charge in [-0.05, 0) is 47.1 Å². The third-order valence-electron chi connectivity index (χ3n) is 3.32. The Hall–Kier alpha value is -2.15. The van der Waals surface area contributed by atoms with Crippen LogP contribution >= 0.6 is 0 Å². The molecule has 19 heavy (non-hydrogen) atoms. The van der Waals surface area contributed by atoms with Crippen LogP contribution in [0.2, 0.25) is 0 Å². The topological polar surface area (TPSA) is 12.4 Å². The number of benzene rings is 2. The van der Waals surface area contributed by atoms with Gasteiger partial charge in [-0.1, -0.05) is 48.5 Å². The number of aryl methyl sites for hydroxylation is 1. The van der Waals surface area contributed by atoms with E-state index < -0.39 is 0 Å². The maximum Gasteiger partial charge on any atom is 0.0277 e. The average molecular weight is 249 g/mol. The summed E-state index contributed by atoms with van der Waals surface area (Å²) >= 11 is 0. The van der Waals surface area contributed by atoms with E-state index in [0.29, 0.717) is 0 Å². The average Bonchev–Trinajstić information content (AvgIpc) is 2.45. The van der Waals surface area contributed by atoms with Crippen LogP contribution in [-0.4, -0.2) is 13.3 Å². The minimum atomic E-state index is 1.20. The predicted molar refractivity (Wildman–Crippen MR) is 83.9 cm³/mol. The van der Waals surface area contributed by atoms with Gasteiger partial charge in [0.05, 0.1) is 0 Å². The summed E-state index contributed by atoms with van der Waals surface area (Å²) in [6.45, 7) is 4.33. The molecule has 0 saturated carbocycles. The smallest absolute Gasteiger partial charge is 0.0277 e. The maximum absolute atomic E-state index is 4.03. The van der Waals surface area contributed by atoms with Gasteiger partial charge < -0.3 is 0 Å². The Morgan fingerprint density at radius 3 is 2.42 bits per heavy atom. The summed E-state index contributed by atoms with van der Waals surface area (Å²) in [4.78, 5) is 4.03.